The lowest BCUT2D eigenvalue weighted by atomic mass is 10.1. The molecular weight excluding hydrogens is 312 g/mol. The lowest BCUT2D eigenvalue weighted by molar-refractivity contribution is 0.153. The van der Waals surface area contributed by atoms with Crippen LogP contribution in [0.15, 0.2) is 18.5 Å². The van der Waals surface area contributed by atoms with Crippen LogP contribution in [0.4, 0.5) is 8.78 Å². The minimum Gasteiger partial charge on any atom is -0.272 e. The van der Waals surface area contributed by atoms with E-state index in [4.69, 9.17) is 0 Å². The quantitative estimate of drug-likeness (QED) is 0.673. The number of rotatable bonds is 6. The van der Waals surface area contributed by atoms with E-state index in [2.05, 4.69) is 22.1 Å². The summed E-state index contributed by atoms with van der Waals surface area (Å²) in [6.45, 7) is 7.21. The van der Waals surface area contributed by atoms with Crippen molar-refractivity contribution in [3.8, 4) is 11.3 Å². The summed E-state index contributed by atoms with van der Waals surface area (Å²) in [6.07, 6.45) is 2.85. The van der Waals surface area contributed by atoms with Gasteiger partial charge in [0.25, 0.3) is 6.43 Å². The van der Waals surface area contributed by atoms with Crippen LogP contribution in [0.1, 0.15) is 44.4 Å². The smallest absolute Gasteiger partial charge is 0.264 e. The zero-order chi connectivity index (χ0) is 17.3. The average molecular weight is 333 g/mol. The highest BCUT2D eigenvalue weighted by Gasteiger charge is 2.21. The molecule has 3 rings (SSSR count). The third kappa shape index (κ3) is 2.90. The van der Waals surface area contributed by atoms with Crippen LogP contribution < -0.4 is 0 Å². The van der Waals surface area contributed by atoms with Gasteiger partial charge in [-0.25, -0.2) is 18.4 Å². The summed E-state index contributed by atoms with van der Waals surface area (Å²) in [5, 5.41) is 9.10. The van der Waals surface area contributed by atoms with Crippen LogP contribution in [0.25, 0.3) is 22.3 Å². The van der Waals surface area contributed by atoms with Crippen molar-refractivity contribution in [2.24, 2.45) is 0 Å². The molecule has 0 aliphatic carbocycles. The van der Waals surface area contributed by atoms with E-state index in [-0.39, 0.29) is 5.56 Å². The van der Waals surface area contributed by atoms with Crippen LogP contribution in [0, 0.1) is 6.92 Å². The van der Waals surface area contributed by atoms with Crippen molar-refractivity contribution >= 4 is 11.0 Å². The Morgan fingerprint density at radius 2 is 2.04 bits per heavy atom. The summed E-state index contributed by atoms with van der Waals surface area (Å²) in [6, 6.07) is 1.46. The van der Waals surface area contributed by atoms with E-state index < -0.39 is 6.43 Å². The molecule has 0 bridgehead atoms. The SMILES string of the molecule is CCCCn1nc(C)c2c(C(F)F)cc(-c3cnn(CC)c3)nc21. The first-order chi connectivity index (χ1) is 11.5. The van der Waals surface area contributed by atoms with Crippen molar-refractivity contribution in [1.82, 2.24) is 24.5 Å². The minimum atomic E-state index is -2.57. The molecule has 5 nitrogen and oxygen atoms in total. The van der Waals surface area contributed by atoms with Crippen LogP contribution in [-0.2, 0) is 13.1 Å². The van der Waals surface area contributed by atoms with Crippen molar-refractivity contribution < 1.29 is 8.78 Å². The fourth-order valence-electron chi connectivity index (χ4n) is 2.84. The van der Waals surface area contributed by atoms with Crippen LogP contribution >= 0.6 is 0 Å². The molecule has 3 heterocycles. The van der Waals surface area contributed by atoms with Gasteiger partial charge in [0.1, 0.15) is 0 Å². The summed E-state index contributed by atoms with van der Waals surface area (Å²) < 4.78 is 30.7. The van der Waals surface area contributed by atoms with Gasteiger partial charge < -0.3 is 0 Å². The van der Waals surface area contributed by atoms with Crippen molar-refractivity contribution in [3.63, 3.8) is 0 Å². The molecule has 3 aromatic heterocycles. The number of halogens is 2. The number of aromatic nitrogens is 5. The number of unbranched alkanes of at least 4 members (excludes halogenated alkanes) is 1. The molecule has 0 saturated carbocycles. The number of nitrogens with zero attached hydrogens (tertiary/aromatic N) is 5. The lowest BCUT2D eigenvalue weighted by Crippen LogP contribution is -2.02. The minimum absolute atomic E-state index is 0.0144. The summed E-state index contributed by atoms with van der Waals surface area (Å²) >= 11 is 0. The van der Waals surface area contributed by atoms with Crippen molar-refractivity contribution in [2.45, 2.75) is 53.1 Å². The summed E-state index contributed by atoms with van der Waals surface area (Å²) in [5.74, 6) is 0. The summed E-state index contributed by atoms with van der Waals surface area (Å²) in [7, 11) is 0. The maximum Gasteiger partial charge on any atom is 0.264 e. The Morgan fingerprint density at radius 1 is 1.25 bits per heavy atom. The van der Waals surface area contributed by atoms with Gasteiger partial charge in [-0.1, -0.05) is 13.3 Å². The Labute approximate surface area is 139 Å². The second-order valence-electron chi connectivity index (χ2n) is 5.84. The molecule has 24 heavy (non-hydrogen) atoms. The highest BCUT2D eigenvalue weighted by atomic mass is 19.3. The molecule has 0 amide bonds. The molecule has 0 saturated heterocycles. The first kappa shape index (κ1) is 16.5. The first-order valence-electron chi connectivity index (χ1n) is 8.24. The van der Waals surface area contributed by atoms with E-state index in [1.54, 1.807) is 22.5 Å². The van der Waals surface area contributed by atoms with Crippen molar-refractivity contribution in [1.29, 1.82) is 0 Å². The van der Waals surface area contributed by atoms with E-state index >= 15 is 0 Å². The van der Waals surface area contributed by atoms with Crippen LogP contribution in [0.3, 0.4) is 0 Å². The van der Waals surface area contributed by atoms with Gasteiger partial charge in [0.2, 0.25) is 0 Å². The molecule has 0 aliphatic rings. The standard InChI is InChI=1S/C17H21F2N5/c1-4-6-7-24-17-15(11(3)22-24)13(16(18)19)8-14(21-17)12-9-20-23(5-2)10-12/h8-10,16H,4-7H2,1-3H3. The van der Waals surface area contributed by atoms with Crippen LogP contribution in [0.5, 0.6) is 0 Å². The monoisotopic (exact) mass is 333 g/mol. The third-order valence-electron chi connectivity index (χ3n) is 4.12. The van der Waals surface area contributed by atoms with Crippen LogP contribution in [0.2, 0.25) is 0 Å². The van der Waals surface area contributed by atoms with Gasteiger partial charge >= 0.3 is 0 Å². The maximum atomic E-state index is 13.6. The summed E-state index contributed by atoms with van der Waals surface area (Å²) in [4.78, 5) is 4.62. The largest absolute Gasteiger partial charge is 0.272 e. The van der Waals surface area contributed by atoms with Gasteiger partial charge in [-0.3, -0.25) is 4.68 Å². The zero-order valence-electron chi connectivity index (χ0n) is 14.1. The predicted molar refractivity (Wildman–Crippen MR) is 89.0 cm³/mol. The molecule has 0 spiro atoms. The van der Waals surface area contributed by atoms with Crippen molar-refractivity contribution in [3.05, 3.63) is 29.7 Å². The second-order valence-corrected chi connectivity index (χ2v) is 5.84. The molecule has 0 fully saturated rings. The Morgan fingerprint density at radius 3 is 2.67 bits per heavy atom. The highest BCUT2D eigenvalue weighted by molar-refractivity contribution is 5.85. The Kier molecular flexibility index (Phi) is 4.59. The number of alkyl halides is 2. The van der Waals surface area contributed by atoms with Gasteiger partial charge in [-0.15, -0.1) is 0 Å². The van der Waals surface area contributed by atoms with E-state index in [0.29, 0.717) is 29.0 Å². The molecule has 0 radical (unpaired) electrons. The van der Waals surface area contributed by atoms with Gasteiger partial charge in [0.15, 0.2) is 5.65 Å². The molecular formula is C17H21F2N5. The highest BCUT2D eigenvalue weighted by Crippen LogP contribution is 2.33. The predicted octanol–water partition coefficient (Wildman–Crippen LogP) is 4.36. The molecule has 7 heteroatoms. The summed E-state index contributed by atoms with van der Waals surface area (Å²) in [5.41, 5.74) is 2.36. The number of fused-ring (bicyclic) bond motifs is 1. The van der Waals surface area contributed by atoms with Crippen molar-refractivity contribution in [2.75, 3.05) is 0 Å². The molecule has 3 aromatic rings. The molecule has 0 aromatic carbocycles. The fourth-order valence-corrected chi connectivity index (χ4v) is 2.84. The van der Waals surface area contributed by atoms with Gasteiger partial charge in [0.05, 0.1) is 23.0 Å². The van der Waals surface area contributed by atoms with E-state index in [1.807, 2.05) is 13.1 Å². The van der Waals surface area contributed by atoms with Gasteiger partial charge in [-0.05, 0) is 26.3 Å². The Balaban J connectivity index is 2.20. The molecule has 0 atom stereocenters. The second kappa shape index (κ2) is 6.67. The lowest BCUT2D eigenvalue weighted by Gasteiger charge is -2.07. The Bertz CT molecular complexity index is 850. The normalized spacial score (nSPS) is 11.8. The van der Waals surface area contributed by atoms with E-state index in [0.717, 1.165) is 24.9 Å². The number of hydrogen-bond acceptors (Lipinski definition) is 3. The number of hydrogen-bond donors (Lipinski definition) is 0. The zero-order valence-corrected chi connectivity index (χ0v) is 14.1. The maximum absolute atomic E-state index is 13.6. The Hall–Kier alpha value is -2.31. The van der Waals surface area contributed by atoms with E-state index in [9.17, 15) is 8.78 Å². The average Bonchev–Trinajstić information content (AvgIpc) is 3.17. The first-order valence-corrected chi connectivity index (χ1v) is 8.24. The topological polar surface area (TPSA) is 48.5 Å². The molecule has 0 unspecified atom stereocenters. The van der Waals surface area contributed by atoms with Gasteiger partial charge in [-0.2, -0.15) is 10.2 Å². The molecule has 128 valence electrons. The fraction of sp³-hybridized carbons (Fsp3) is 0.471. The van der Waals surface area contributed by atoms with Crippen LogP contribution in [-0.4, -0.2) is 24.5 Å². The van der Waals surface area contributed by atoms with E-state index in [1.165, 1.54) is 6.07 Å². The third-order valence-corrected chi connectivity index (χ3v) is 4.12. The number of pyridine rings is 1. The number of aryl methyl sites for hydroxylation is 3. The van der Waals surface area contributed by atoms with Gasteiger partial charge in [0, 0.05) is 30.4 Å². The molecule has 0 aliphatic heterocycles. The molecule has 0 N–H and O–H groups in total.